The lowest BCUT2D eigenvalue weighted by Gasteiger charge is -2.16. The molecule has 2 N–H and O–H groups in total. The zero-order valence-corrected chi connectivity index (χ0v) is 13.7. The highest BCUT2D eigenvalue weighted by Gasteiger charge is 2.25. The van der Waals surface area contributed by atoms with Gasteiger partial charge < -0.3 is 15.5 Å². The topological polar surface area (TPSA) is 53.1 Å². The molecule has 0 unspecified atom stereocenters. The first kappa shape index (κ1) is 16.0. The van der Waals surface area contributed by atoms with Gasteiger partial charge in [-0.3, -0.25) is 0 Å². The van der Waals surface area contributed by atoms with E-state index in [1.165, 1.54) is 12.8 Å². The molecule has 118 valence electrons. The molecule has 1 saturated carbocycles. The van der Waals surface area contributed by atoms with E-state index in [2.05, 4.69) is 46.4 Å². The molecule has 2 rings (SSSR count). The molecule has 0 saturated heterocycles. The first-order valence-electron chi connectivity index (χ1n) is 8.28. The molecule has 0 spiro atoms. The number of likely N-dealkylation sites (N-methyl/N-ethyl adjacent to an activating group) is 1. The van der Waals surface area contributed by atoms with Crippen molar-refractivity contribution in [1.29, 1.82) is 0 Å². The Morgan fingerprint density at radius 1 is 1.10 bits per heavy atom. The van der Waals surface area contributed by atoms with Crippen molar-refractivity contribution < 1.29 is 0 Å². The lowest BCUT2D eigenvalue weighted by molar-refractivity contribution is 0.337. The summed E-state index contributed by atoms with van der Waals surface area (Å²) in [7, 11) is 2.20. The summed E-state index contributed by atoms with van der Waals surface area (Å²) >= 11 is 0. The predicted molar refractivity (Wildman–Crippen MR) is 88.9 cm³/mol. The summed E-state index contributed by atoms with van der Waals surface area (Å²) in [6.07, 6.45) is 5.81. The first-order valence-corrected chi connectivity index (χ1v) is 8.28. The van der Waals surface area contributed by atoms with Crippen LogP contribution in [0.25, 0.3) is 0 Å². The molecule has 0 radical (unpaired) electrons. The monoisotopic (exact) mass is 291 g/mol. The van der Waals surface area contributed by atoms with Gasteiger partial charge in [0.1, 0.15) is 17.5 Å². The molecule has 1 aliphatic rings. The zero-order chi connectivity index (χ0) is 15.1. The Labute approximate surface area is 128 Å². The van der Waals surface area contributed by atoms with Crippen LogP contribution in [0.2, 0.25) is 0 Å². The fourth-order valence-corrected chi connectivity index (χ4v) is 2.32. The molecular formula is C16H29N5. The highest BCUT2D eigenvalue weighted by atomic mass is 15.2. The number of rotatable bonds is 10. The van der Waals surface area contributed by atoms with Crippen LogP contribution in [-0.4, -0.2) is 47.6 Å². The maximum absolute atomic E-state index is 4.61. The van der Waals surface area contributed by atoms with Crippen LogP contribution in [0.3, 0.4) is 0 Å². The number of aryl methyl sites for hydroxylation is 1. The van der Waals surface area contributed by atoms with Crippen LogP contribution in [0.4, 0.5) is 11.6 Å². The average molecular weight is 291 g/mol. The second-order valence-corrected chi connectivity index (χ2v) is 5.87. The Kier molecular flexibility index (Phi) is 6.23. The standard InChI is InChI=1S/C16H29N5/c1-4-6-14-19-15(17-9-5-2)12-16(20-14)18-10-11-21(3)13-7-8-13/h12-13H,4-11H2,1-3H3,(H2,17,18,19,20). The normalized spacial score (nSPS) is 14.5. The van der Waals surface area contributed by atoms with Crippen LogP contribution in [0, 0.1) is 0 Å². The predicted octanol–water partition coefficient (Wildman–Crippen LogP) is 2.76. The van der Waals surface area contributed by atoms with Gasteiger partial charge in [0.25, 0.3) is 0 Å². The van der Waals surface area contributed by atoms with Gasteiger partial charge in [-0.25, -0.2) is 9.97 Å². The van der Waals surface area contributed by atoms with Crippen LogP contribution in [-0.2, 0) is 6.42 Å². The summed E-state index contributed by atoms with van der Waals surface area (Å²) in [6.45, 7) is 7.27. The summed E-state index contributed by atoms with van der Waals surface area (Å²) < 4.78 is 0. The van der Waals surface area contributed by atoms with E-state index < -0.39 is 0 Å². The summed E-state index contributed by atoms with van der Waals surface area (Å²) in [4.78, 5) is 11.6. The molecular weight excluding hydrogens is 262 g/mol. The molecule has 0 bridgehead atoms. The fraction of sp³-hybridized carbons (Fsp3) is 0.750. The third-order valence-electron chi connectivity index (χ3n) is 3.74. The van der Waals surface area contributed by atoms with Crippen molar-refractivity contribution in [3.05, 3.63) is 11.9 Å². The van der Waals surface area contributed by atoms with E-state index in [4.69, 9.17) is 0 Å². The Bertz CT molecular complexity index is 431. The Morgan fingerprint density at radius 3 is 2.33 bits per heavy atom. The number of nitrogens with zero attached hydrogens (tertiary/aromatic N) is 3. The van der Waals surface area contributed by atoms with E-state index >= 15 is 0 Å². The number of anilines is 2. The molecule has 0 atom stereocenters. The Morgan fingerprint density at radius 2 is 1.76 bits per heavy atom. The fourth-order valence-electron chi connectivity index (χ4n) is 2.32. The van der Waals surface area contributed by atoms with Gasteiger partial charge in [-0.1, -0.05) is 13.8 Å². The molecule has 1 aliphatic carbocycles. The molecule has 1 heterocycles. The Hall–Kier alpha value is -1.36. The van der Waals surface area contributed by atoms with E-state index in [9.17, 15) is 0 Å². The summed E-state index contributed by atoms with van der Waals surface area (Å²) in [5.41, 5.74) is 0. The average Bonchev–Trinajstić information content (AvgIpc) is 3.30. The summed E-state index contributed by atoms with van der Waals surface area (Å²) in [6, 6.07) is 2.83. The van der Waals surface area contributed by atoms with Crippen molar-refractivity contribution in [2.24, 2.45) is 0 Å². The number of hydrogen-bond donors (Lipinski definition) is 2. The van der Waals surface area contributed by atoms with Crippen molar-refractivity contribution in [3.8, 4) is 0 Å². The van der Waals surface area contributed by atoms with Crippen molar-refractivity contribution in [2.45, 2.75) is 52.0 Å². The number of hydrogen-bond acceptors (Lipinski definition) is 5. The van der Waals surface area contributed by atoms with Gasteiger partial charge in [-0.05, 0) is 32.7 Å². The lowest BCUT2D eigenvalue weighted by Crippen LogP contribution is -2.27. The minimum atomic E-state index is 0.814. The third kappa shape index (κ3) is 5.50. The largest absolute Gasteiger partial charge is 0.370 e. The minimum absolute atomic E-state index is 0.814. The smallest absolute Gasteiger partial charge is 0.133 e. The molecule has 5 heteroatoms. The van der Waals surface area contributed by atoms with E-state index in [0.29, 0.717) is 0 Å². The van der Waals surface area contributed by atoms with Crippen LogP contribution >= 0.6 is 0 Å². The van der Waals surface area contributed by atoms with Crippen LogP contribution in [0.1, 0.15) is 45.4 Å². The van der Waals surface area contributed by atoms with Gasteiger partial charge in [-0.2, -0.15) is 0 Å². The molecule has 0 aliphatic heterocycles. The SMILES string of the molecule is CCCNc1cc(NCCN(C)C2CC2)nc(CCC)n1. The maximum Gasteiger partial charge on any atom is 0.133 e. The second-order valence-electron chi connectivity index (χ2n) is 5.87. The van der Waals surface area contributed by atoms with Crippen molar-refractivity contribution >= 4 is 11.6 Å². The maximum atomic E-state index is 4.61. The van der Waals surface area contributed by atoms with Crippen molar-refractivity contribution in [1.82, 2.24) is 14.9 Å². The number of aromatic nitrogens is 2. The zero-order valence-electron chi connectivity index (χ0n) is 13.7. The van der Waals surface area contributed by atoms with Gasteiger partial charge >= 0.3 is 0 Å². The van der Waals surface area contributed by atoms with E-state index in [1.54, 1.807) is 0 Å². The van der Waals surface area contributed by atoms with E-state index in [0.717, 1.165) is 62.4 Å². The van der Waals surface area contributed by atoms with Crippen LogP contribution < -0.4 is 10.6 Å². The Balaban J connectivity index is 1.90. The van der Waals surface area contributed by atoms with Gasteiger partial charge in [0.05, 0.1) is 0 Å². The molecule has 0 aromatic carbocycles. The van der Waals surface area contributed by atoms with Gasteiger partial charge in [0, 0.05) is 38.2 Å². The highest BCUT2D eigenvalue weighted by molar-refractivity contribution is 5.47. The lowest BCUT2D eigenvalue weighted by atomic mass is 10.3. The first-order chi connectivity index (χ1) is 10.2. The van der Waals surface area contributed by atoms with Crippen molar-refractivity contribution in [3.63, 3.8) is 0 Å². The van der Waals surface area contributed by atoms with E-state index in [1.807, 2.05) is 6.07 Å². The second kappa shape index (κ2) is 8.17. The van der Waals surface area contributed by atoms with Crippen LogP contribution in [0.5, 0.6) is 0 Å². The van der Waals surface area contributed by atoms with Gasteiger partial charge in [0.2, 0.25) is 0 Å². The van der Waals surface area contributed by atoms with Gasteiger partial charge in [-0.15, -0.1) is 0 Å². The van der Waals surface area contributed by atoms with Crippen LogP contribution in [0.15, 0.2) is 6.07 Å². The highest BCUT2D eigenvalue weighted by Crippen LogP contribution is 2.24. The molecule has 1 fully saturated rings. The molecule has 5 nitrogen and oxygen atoms in total. The minimum Gasteiger partial charge on any atom is -0.370 e. The summed E-state index contributed by atoms with van der Waals surface area (Å²) in [5, 5.41) is 6.80. The van der Waals surface area contributed by atoms with E-state index in [-0.39, 0.29) is 0 Å². The summed E-state index contributed by atoms with van der Waals surface area (Å²) in [5.74, 6) is 2.81. The molecule has 21 heavy (non-hydrogen) atoms. The molecule has 0 amide bonds. The van der Waals surface area contributed by atoms with Crippen molar-refractivity contribution in [2.75, 3.05) is 37.3 Å². The molecule has 1 aromatic rings. The third-order valence-corrected chi connectivity index (χ3v) is 3.74. The number of nitrogens with one attached hydrogen (secondary N) is 2. The quantitative estimate of drug-likeness (QED) is 0.694. The molecule has 1 aromatic heterocycles. The van der Waals surface area contributed by atoms with Gasteiger partial charge in [0.15, 0.2) is 0 Å².